The van der Waals surface area contributed by atoms with Crippen LogP contribution in [0.4, 0.5) is 0 Å². The first-order chi connectivity index (χ1) is 9.76. The summed E-state index contributed by atoms with van der Waals surface area (Å²) in [7, 11) is 0. The Kier molecular flexibility index (Phi) is 5.70. The van der Waals surface area contributed by atoms with Crippen LogP contribution in [0, 0.1) is 19.8 Å². The van der Waals surface area contributed by atoms with Crippen molar-refractivity contribution in [3.05, 3.63) is 27.4 Å². The van der Waals surface area contributed by atoms with Crippen molar-refractivity contribution < 1.29 is 9.90 Å². The maximum atomic E-state index is 12.3. The summed E-state index contributed by atoms with van der Waals surface area (Å²) in [6.45, 7) is 11.4. The standard InChI is InChI=1S/C16H26N2O3/c1-7-13(8-2)11(5)18-12(6)14(9(3)15(19)20)10(4)17-16(18)21/h9,11,13H,7-8H2,1-6H3,(H,19,20). The highest BCUT2D eigenvalue weighted by Gasteiger charge is 2.25. The van der Waals surface area contributed by atoms with Crippen molar-refractivity contribution in [3.8, 4) is 0 Å². The molecule has 1 aromatic rings. The highest BCUT2D eigenvalue weighted by atomic mass is 16.4. The van der Waals surface area contributed by atoms with E-state index >= 15 is 0 Å². The van der Waals surface area contributed by atoms with Crippen LogP contribution in [0.3, 0.4) is 0 Å². The van der Waals surface area contributed by atoms with Crippen LogP contribution in [0.5, 0.6) is 0 Å². The zero-order valence-electron chi connectivity index (χ0n) is 13.8. The van der Waals surface area contributed by atoms with Crippen LogP contribution < -0.4 is 5.69 Å². The normalized spacial score (nSPS) is 14.2. The van der Waals surface area contributed by atoms with Crippen LogP contribution in [-0.4, -0.2) is 20.6 Å². The Balaban J connectivity index is 3.51. The van der Waals surface area contributed by atoms with Gasteiger partial charge in [0.1, 0.15) is 0 Å². The van der Waals surface area contributed by atoms with E-state index in [1.165, 1.54) is 0 Å². The molecular formula is C16H26N2O3. The molecule has 0 bridgehead atoms. The van der Waals surface area contributed by atoms with Crippen molar-refractivity contribution in [3.63, 3.8) is 0 Å². The Morgan fingerprint density at radius 2 is 1.76 bits per heavy atom. The molecule has 1 rings (SSSR count). The highest BCUT2D eigenvalue weighted by Crippen LogP contribution is 2.28. The zero-order chi connectivity index (χ0) is 16.3. The average molecular weight is 294 g/mol. The van der Waals surface area contributed by atoms with Crippen LogP contribution in [0.25, 0.3) is 0 Å². The predicted octanol–water partition coefficient (Wildman–Crippen LogP) is 3.05. The summed E-state index contributed by atoms with van der Waals surface area (Å²) >= 11 is 0. The molecule has 0 fully saturated rings. The predicted molar refractivity (Wildman–Crippen MR) is 82.8 cm³/mol. The van der Waals surface area contributed by atoms with Gasteiger partial charge in [0.2, 0.25) is 0 Å². The molecule has 0 spiro atoms. The van der Waals surface area contributed by atoms with E-state index in [1.807, 2.05) is 13.8 Å². The number of aromatic nitrogens is 2. The molecule has 1 aromatic heterocycles. The third kappa shape index (κ3) is 3.34. The largest absolute Gasteiger partial charge is 0.481 e. The van der Waals surface area contributed by atoms with Crippen LogP contribution in [-0.2, 0) is 4.79 Å². The van der Waals surface area contributed by atoms with Crippen molar-refractivity contribution in [1.29, 1.82) is 0 Å². The fourth-order valence-electron chi connectivity index (χ4n) is 3.20. The van der Waals surface area contributed by atoms with E-state index in [0.29, 0.717) is 17.2 Å². The van der Waals surface area contributed by atoms with Gasteiger partial charge in [0.05, 0.1) is 5.92 Å². The fourth-order valence-corrected chi connectivity index (χ4v) is 3.20. The Morgan fingerprint density at radius 1 is 1.24 bits per heavy atom. The second-order valence-corrected chi connectivity index (χ2v) is 5.73. The van der Waals surface area contributed by atoms with Gasteiger partial charge in [0, 0.05) is 23.0 Å². The maximum Gasteiger partial charge on any atom is 0.348 e. The average Bonchev–Trinajstić information content (AvgIpc) is 2.39. The number of rotatable bonds is 6. The number of hydrogen-bond donors (Lipinski definition) is 1. The minimum atomic E-state index is -0.900. The molecule has 1 heterocycles. The molecule has 0 aromatic carbocycles. The first-order valence-electron chi connectivity index (χ1n) is 7.58. The third-order valence-electron chi connectivity index (χ3n) is 4.55. The van der Waals surface area contributed by atoms with Gasteiger partial charge < -0.3 is 5.11 Å². The molecule has 118 valence electrons. The number of carboxylic acid groups (broad SMARTS) is 1. The lowest BCUT2D eigenvalue weighted by molar-refractivity contribution is -0.138. The number of nitrogens with zero attached hydrogens (tertiary/aromatic N) is 2. The molecule has 2 unspecified atom stereocenters. The minimum absolute atomic E-state index is 0.0142. The summed E-state index contributed by atoms with van der Waals surface area (Å²) in [6.07, 6.45) is 1.95. The molecular weight excluding hydrogens is 268 g/mol. The first-order valence-corrected chi connectivity index (χ1v) is 7.58. The molecule has 5 heteroatoms. The molecule has 0 radical (unpaired) electrons. The quantitative estimate of drug-likeness (QED) is 0.875. The molecule has 0 aliphatic rings. The van der Waals surface area contributed by atoms with E-state index < -0.39 is 11.9 Å². The summed E-state index contributed by atoms with van der Waals surface area (Å²) in [6, 6.07) is 0.0142. The Bertz CT molecular complexity index is 574. The smallest absolute Gasteiger partial charge is 0.348 e. The lowest BCUT2D eigenvalue weighted by atomic mass is 9.93. The van der Waals surface area contributed by atoms with E-state index in [2.05, 4.69) is 18.8 Å². The van der Waals surface area contributed by atoms with Crippen molar-refractivity contribution >= 4 is 5.97 Å². The fraction of sp³-hybridized carbons (Fsp3) is 0.688. The Hall–Kier alpha value is -1.65. The minimum Gasteiger partial charge on any atom is -0.481 e. The van der Waals surface area contributed by atoms with Crippen LogP contribution in [0.15, 0.2) is 4.79 Å². The molecule has 21 heavy (non-hydrogen) atoms. The Labute approximate surface area is 126 Å². The summed E-state index contributed by atoms with van der Waals surface area (Å²) in [5, 5.41) is 9.27. The van der Waals surface area contributed by atoms with Crippen molar-refractivity contribution in [2.75, 3.05) is 0 Å². The van der Waals surface area contributed by atoms with E-state index in [-0.39, 0.29) is 11.7 Å². The van der Waals surface area contributed by atoms with Gasteiger partial charge in [-0.15, -0.1) is 0 Å². The Morgan fingerprint density at radius 3 is 2.19 bits per heavy atom. The van der Waals surface area contributed by atoms with Gasteiger partial charge in [0.15, 0.2) is 0 Å². The number of aryl methyl sites for hydroxylation is 1. The number of hydrogen-bond acceptors (Lipinski definition) is 3. The summed E-state index contributed by atoms with van der Waals surface area (Å²) in [4.78, 5) is 27.6. The van der Waals surface area contributed by atoms with Gasteiger partial charge in [-0.05, 0) is 33.6 Å². The van der Waals surface area contributed by atoms with Crippen molar-refractivity contribution in [1.82, 2.24) is 9.55 Å². The molecule has 0 aliphatic carbocycles. The summed E-state index contributed by atoms with van der Waals surface area (Å²) < 4.78 is 1.67. The van der Waals surface area contributed by atoms with Gasteiger partial charge in [0.25, 0.3) is 0 Å². The zero-order valence-corrected chi connectivity index (χ0v) is 13.8. The van der Waals surface area contributed by atoms with E-state index in [0.717, 1.165) is 18.5 Å². The van der Waals surface area contributed by atoms with Gasteiger partial charge in [-0.2, -0.15) is 4.98 Å². The van der Waals surface area contributed by atoms with Gasteiger partial charge in [-0.1, -0.05) is 26.7 Å². The van der Waals surface area contributed by atoms with Gasteiger partial charge in [-0.25, -0.2) is 4.79 Å². The van der Waals surface area contributed by atoms with Gasteiger partial charge in [-0.3, -0.25) is 9.36 Å². The lowest BCUT2D eigenvalue weighted by Crippen LogP contribution is -2.34. The number of carboxylic acids is 1. The lowest BCUT2D eigenvalue weighted by Gasteiger charge is -2.27. The number of aliphatic carboxylic acids is 1. The van der Waals surface area contributed by atoms with Crippen molar-refractivity contribution in [2.24, 2.45) is 5.92 Å². The topological polar surface area (TPSA) is 72.2 Å². The molecule has 5 nitrogen and oxygen atoms in total. The second-order valence-electron chi connectivity index (χ2n) is 5.73. The van der Waals surface area contributed by atoms with Crippen molar-refractivity contribution in [2.45, 2.75) is 66.3 Å². The molecule has 2 atom stereocenters. The SMILES string of the molecule is CCC(CC)C(C)n1c(C)c(C(C)C(=O)O)c(C)nc1=O. The maximum absolute atomic E-state index is 12.3. The first kappa shape index (κ1) is 17.4. The molecule has 0 amide bonds. The van der Waals surface area contributed by atoms with E-state index in [1.54, 1.807) is 18.4 Å². The van der Waals surface area contributed by atoms with Crippen LogP contribution in [0.2, 0.25) is 0 Å². The van der Waals surface area contributed by atoms with E-state index in [9.17, 15) is 14.7 Å². The van der Waals surface area contributed by atoms with Gasteiger partial charge >= 0.3 is 11.7 Å². The molecule has 1 N–H and O–H groups in total. The molecule has 0 aliphatic heterocycles. The summed E-state index contributed by atoms with van der Waals surface area (Å²) in [5.74, 6) is -1.19. The second kappa shape index (κ2) is 6.87. The third-order valence-corrected chi connectivity index (χ3v) is 4.55. The molecule has 0 saturated heterocycles. The van der Waals surface area contributed by atoms with Crippen LogP contribution in [0.1, 0.15) is 69.4 Å². The monoisotopic (exact) mass is 294 g/mol. The summed E-state index contributed by atoms with van der Waals surface area (Å²) in [5.41, 5.74) is 1.60. The molecule has 0 saturated carbocycles. The van der Waals surface area contributed by atoms with E-state index in [4.69, 9.17) is 0 Å². The highest BCUT2D eigenvalue weighted by molar-refractivity contribution is 5.76. The number of carbonyl (C=O) groups is 1. The van der Waals surface area contributed by atoms with Crippen LogP contribution >= 0.6 is 0 Å².